The van der Waals surface area contributed by atoms with E-state index in [1.807, 2.05) is 35.2 Å². The number of sulfonamides is 1. The molecule has 1 aromatic carbocycles. The first-order valence-electron chi connectivity index (χ1n) is 8.33. The third kappa shape index (κ3) is 3.05. The summed E-state index contributed by atoms with van der Waals surface area (Å²) >= 11 is 0. The number of benzene rings is 1. The second kappa shape index (κ2) is 6.24. The molecule has 3 atom stereocenters. The van der Waals surface area contributed by atoms with Crippen molar-refractivity contribution >= 4 is 15.9 Å². The van der Waals surface area contributed by atoms with Crippen LogP contribution < -0.4 is 4.72 Å². The second-order valence-corrected chi connectivity index (χ2v) is 8.34. The van der Waals surface area contributed by atoms with E-state index in [-0.39, 0.29) is 28.8 Å². The standard InChI is InChI=1S/C18H19N3O3S/c22-18(13-5-2-1-3-6-13)21-12-14-9-15(21)10-17(14)20-25(23,24)16-7-4-8-19-11-16/h1-8,11,14-15,17,20H,9-10,12H2. The third-order valence-corrected chi connectivity index (χ3v) is 6.55. The molecule has 1 aromatic heterocycles. The van der Waals surface area contributed by atoms with Crippen LogP contribution in [-0.4, -0.2) is 42.8 Å². The number of piperidine rings is 1. The predicted molar refractivity (Wildman–Crippen MR) is 92.3 cm³/mol. The van der Waals surface area contributed by atoms with Gasteiger partial charge in [-0.05, 0) is 43.0 Å². The van der Waals surface area contributed by atoms with Crippen LogP contribution in [0.1, 0.15) is 23.2 Å². The van der Waals surface area contributed by atoms with Crippen LogP contribution in [0.15, 0.2) is 59.8 Å². The maximum Gasteiger partial charge on any atom is 0.254 e. The smallest absolute Gasteiger partial charge is 0.254 e. The van der Waals surface area contributed by atoms with E-state index < -0.39 is 10.0 Å². The molecule has 1 aliphatic carbocycles. The molecule has 3 unspecified atom stereocenters. The lowest BCUT2D eigenvalue weighted by Gasteiger charge is -2.32. The van der Waals surface area contributed by atoms with Gasteiger partial charge in [0.15, 0.2) is 0 Å². The van der Waals surface area contributed by atoms with Crippen molar-refractivity contribution in [3.05, 3.63) is 60.4 Å². The van der Waals surface area contributed by atoms with Gasteiger partial charge in [0.05, 0.1) is 0 Å². The summed E-state index contributed by atoms with van der Waals surface area (Å²) in [6, 6.07) is 12.3. The summed E-state index contributed by atoms with van der Waals surface area (Å²) in [5.74, 6) is 0.186. The number of carbonyl (C=O) groups excluding carboxylic acids is 1. The lowest BCUT2D eigenvalue weighted by atomic mass is 10.0. The minimum atomic E-state index is -3.57. The highest BCUT2D eigenvalue weighted by atomic mass is 32.2. The molecule has 1 N–H and O–H groups in total. The van der Waals surface area contributed by atoms with E-state index in [0.717, 1.165) is 6.42 Å². The number of likely N-dealkylation sites (tertiary alicyclic amines) is 1. The van der Waals surface area contributed by atoms with Crippen molar-refractivity contribution in [1.82, 2.24) is 14.6 Å². The Morgan fingerprint density at radius 2 is 1.92 bits per heavy atom. The largest absolute Gasteiger partial charge is 0.335 e. The molecule has 1 saturated heterocycles. The van der Waals surface area contributed by atoms with Crippen molar-refractivity contribution in [2.45, 2.75) is 29.8 Å². The second-order valence-electron chi connectivity index (χ2n) is 6.63. The zero-order valence-corrected chi connectivity index (χ0v) is 14.4. The third-order valence-electron chi connectivity index (χ3n) is 5.07. The number of hydrogen-bond acceptors (Lipinski definition) is 4. The molecule has 2 bridgehead atoms. The topological polar surface area (TPSA) is 79.4 Å². The summed E-state index contributed by atoms with van der Waals surface area (Å²) in [4.78, 5) is 18.6. The fourth-order valence-corrected chi connectivity index (χ4v) is 5.15. The van der Waals surface area contributed by atoms with Gasteiger partial charge in [0, 0.05) is 36.6 Å². The number of fused-ring (bicyclic) bond motifs is 2. The van der Waals surface area contributed by atoms with E-state index in [1.54, 1.807) is 12.3 Å². The molecule has 2 aliphatic rings. The van der Waals surface area contributed by atoms with E-state index in [1.165, 1.54) is 12.3 Å². The molecule has 7 heteroatoms. The van der Waals surface area contributed by atoms with E-state index >= 15 is 0 Å². The molecule has 130 valence electrons. The Kier molecular flexibility index (Phi) is 4.05. The first kappa shape index (κ1) is 16.2. The van der Waals surface area contributed by atoms with Crippen LogP contribution in [0.2, 0.25) is 0 Å². The van der Waals surface area contributed by atoms with E-state index in [0.29, 0.717) is 18.5 Å². The Labute approximate surface area is 146 Å². The van der Waals surface area contributed by atoms with Crippen LogP contribution in [0.5, 0.6) is 0 Å². The quantitative estimate of drug-likeness (QED) is 0.903. The Bertz CT molecular complexity index is 871. The fraction of sp³-hybridized carbons (Fsp3) is 0.333. The van der Waals surface area contributed by atoms with Gasteiger partial charge in [-0.2, -0.15) is 0 Å². The van der Waals surface area contributed by atoms with Gasteiger partial charge < -0.3 is 4.90 Å². The van der Waals surface area contributed by atoms with Gasteiger partial charge in [-0.25, -0.2) is 13.1 Å². The van der Waals surface area contributed by atoms with E-state index in [2.05, 4.69) is 9.71 Å². The molecule has 0 spiro atoms. The highest BCUT2D eigenvalue weighted by molar-refractivity contribution is 7.89. The van der Waals surface area contributed by atoms with Gasteiger partial charge >= 0.3 is 0 Å². The number of nitrogens with zero attached hydrogens (tertiary/aromatic N) is 2. The molecule has 1 aliphatic heterocycles. The van der Waals surface area contributed by atoms with Crippen molar-refractivity contribution in [2.24, 2.45) is 5.92 Å². The van der Waals surface area contributed by atoms with Crippen LogP contribution in [0.4, 0.5) is 0 Å². The minimum absolute atomic E-state index is 0.0293. The molecule has 1 saturated carbocycles. The maximum absolute atomic E-state index is 12.6. The first-order chi connectivity index (χ1) is 12.0. The number of amides is 1. The molecule has 0 radical (unpaired) electrons. The molecule has 25 heavy (non-hydrogen) atoms. The Hall–Kier alpha value is -2.25. The molecular weight excluding hydrogens is 338 g/mol. The van der Waals surface area contributed by atoms with Crippen molar-refractivity contribution in [1.29, 1.82) is 0 Å². The lowest BCUT2D eigenvalue weighted by Crippen LogP contribution is -2.47. The normalized spacial score (nSPS) is 25.3. The van der Waals surface area contributed by atoms with Gasteiger partial charge in [-0.15, -0.1) is 0 Å². The lowest BCUT2D eigenvalue weighted by molar-refractivity contribution is 0.0691. The molecule has 1 amide bonds. The Morgan fingerprint density at radius 1 is 1.12 bits per heavy atom. The van der Waals surface area contributed by atoms with Crippen LogP contribution in [0, 0.1) is 5.92 Å². The maximum atomic E-state index is 12.6. The predicted octanol–water partition coefficient (Wildman–Crippen LogP) is 1.66. The summed E-state index contributed by atoms with van der Waals surface area (Å²) < 4.78 is 27.7. The minimum Gasteiger partial charge on any atom is -0.335 e. The summed E-state index contributed by atoms with van der Waals surface area (Å²) in [5, 5.41) is 0. The van der Waals surface area contributed by atoms with Crippen LogP contribution in [0.3, 0.4) is 0 Å². The van der Waals surface area contributed by atoms with E-state index in [9.17, 15) is 13.2 Å². The zero-order valence-electron chi connectivity index (χ0n) is 13.6. The highest BCUT2D eigenvalue weighted by Crippen LogP contribution is 2.39. The number of hydrogen-bond donors (Lipinski definition) is 1. The van der Waals surface area contributed by atoms with Crippen molar-refractivity contribution in [3.63, 3.8) is 0 Å². The monoisotopic (exact) mass is 357 g/mol. The average molecular weight is 357 g/mol. The average Bonchev–Trinajstić information content (AvgIpc) is 3.22. The SMILES string of the molecule is O=C(c1ccccc1)N1CC2CC1CC2NS(=O)(=O)c1cccnc1. The summed E-state index contributed by atoms with van der Waals surface area (Å²) in [7, 11) is -3.57. The highest BCUT2D eigenvalue weighted by Gasteiger charge is 2.47. The van der Waals surface area contributed by atoms with Crippen LogP contribution >= 0.6 is 0 Å². The van der Waals surface area contributed by atoms with Crippen molar-refractivity contribution < 1.29 is 13.2 Å². The van der Waals surface area contributed by atoms with Crippen LogP contribution in [0.25, 0.3) is 0 Å². The van der Waals surface area contributed by atoms with Crippen molar-refractivity contribution in [2.75, 3.05) is 6.54 Å². The van der Waals surface area contributed by atoms with Gasteiger partial charge in [0.1, 0.15) is 4.90 Å². The Balaban J connectivity index is 1.44. The fourth-order valence-electron chi connectivity index (χ4n) is 3.87. The molecular formula is C18H19N3O3S. The van der Waals surface area contributed by atoms with Crippen LogP contribution in [-0.2, 0) is 10.0 Å². The zero-order chi connectivity index (χ0) is 17.4. The molecule has 6 nitrogen and oxygen atoms in total. The summed E-state index contributed by atoms with van der Waals surface area (Å²) in [6.07, 6.45) is 4.39. The van der Waals surface area contributed by atoms with Gasteiger partial charge in [0.2, 0.25) is 10.0 Å². The number of pyridine rings is 1. The Morgan fingerprint density at radius 3 is 2.56 bits per heavy atom. The number of carbonyl (C=O) groups is 1. The molecule has 2 fully saturated rings. The van der Waals surface area contributed by atoms with Crippen molar-refractivity contribution in [3.8, 4) is 0 Å². The molecule has 2 aromatic rings. The number of rotatable bonds is 4. The summed E-state index contributed by atoms with van der Waals surface area (Å²) in [6.45, 7) is 0.596. The van der Waals surface area contributed by atoms with Gasteiger partial charge in [0.25, 0.3) is 5.91 Å². The van der Waals surface area contributed by atoms with Gasteiger partial charge in [-0.1, -0.05) is 18.2 Å². The van der Waals surface area contributed by atoms with Gasteiger partial charge in [-0.3, -0.25) is 9.78 Å². The number of nitrogens with one attached hydrogen (secondary N) is 1. The first-order valence-corrected chi connectivity index (χ1v) is 9.81. The summed E-state index contributed by atoms with van der Waals surface area (Å²) in [5.41, 5.74) is 0.683. The van der Waals surface area contributed by atoms with E-state index in [4.69, 9.17) is 0 Å². The molecule has 2 heterocycles. The molecule has 4 rings (SSSR count). The number of aromatic nitrogens is 1.